The van der Waals surface area contributed by atoms with E-state index in [1.54, 1.807) is 23.3 Å². The van der Waals surface area contributed by atoms with E-state index >= 15 is 0 Å². The van der Waals surface area contributed by atoms with E-state index in [0.717, 1.165) is 21.8 Å². The van der Waals surface area contributed by atoms with Crippen LogP contribution in [-0.2, 0) is 28.9 Å². The number of rotatable bonds is 16. The lowest BCUT2D eigenvalue weighted by Crippen LogP contribution is -2.54. The number of carbonyl (C=O) groups excluding carboxylic acids is 3. The Balaban J connectivity index is 1.71. The van der Waals surface area contributed by atoms with Crippen LogP contribution >= 0.6 is 11.3 Å². The maximum absolute atomic E-state index is 13.8. The van der Waals surface area contributed by atoms with Gasteiger partial charge in [-0.15, -0.1) is 11.3 Å². The van der Waals surface area contributed by atoms with Gasteiger partial charge in [0.2, 0.25) is 5.91 Å². The van der Waals surface area contributed by atoms with E-state index < -0.39 is 12.1 Å². The van der Waals surface area contributed by atoms with Gasteiger partial charge in [0.1, 0.15) is 6.04 Å². The molecule has 0 bridgehead atoms. The van der Waals surface area contributed by atoms with Crippen molar-refractivity contribution in [3.63, 3.8) is 0 Å². The van der Waals surface area contributed by atoms with Crippen LogP contribution in [0.3, 0.4) is 0 Å². The fourth-order valence-corrected chi connectivity index (χ4v) is 5.94. The number of ether oxygens (including phenoxy) is 1. The normalized spacial score (nSPS) is 13.3. The van der Waals surface area contributed by atoms with E-state index in [1.165, 1.54) is 0 Å². The number of carbonyl (C=O) groups is 3. The zero-order valence-electron chi connectivity index (χ0n) is 28.3. The summed E-state index contributed by atoms with van der Waals surface area (Å²) < 4.78 is 5.38. The third kappa shape index (κ3) is 12.5. The summed E-state index contributed by atoms with van der Waals surface area (Å²) >= 11 is 1.59. The topological polar surface area (TPSA) is 113 Å². The van der Waals surface area contributed by atoms with Crippen LogP contribution in [0.4, 0.5) is 9.59 Å². The predicted molar refractivity (Wildman–Crippen MR) is 185 cm³/mol. The first-order valence-corrected chi connectivity index (χ1v) is 17.1. The molecule has 0 aliphatic heterocycles. The average molecular weight is 650 g/mol. The molecule has 0 fully saturated rings. The van der Waals surface area contributed by atoms with Crippen LogP contribution in [0.15, 0.2) is 66.0 Å². The van der Waals surface area contributed by atoms with Crippen molar-refractivity contribution >= 4 is 29.4 Å². The first-order chi connectivity index (χ1) is 21.9. The van der Waals surface area contributed by atoms with E-state index in [2.05, 4.69) is 34.8 Å². The van der Waals surface area contributed by atoms with Crippen LogP contribution in [0.1, 0.15) is 82.1 Å². The average Bonchev–Trinajstić information content (AvgIpc) is 3.47. The van der Waals surface area contributed by atoms with Crippen molar-refractivity contribution in [3.05, 3.63) is 87.9 Å². The first-order valence-electron chi connectivity index (χ1n) is 16.2. The Kier molecular flexibility index (Phi) is 14.5. The van der Waals surface area contributed by atoms with Gasteiger partial charge >= 0.3 is 12.1 Å². The molecule has 3 rings (SSSR count). The molecule has 3 unspecified atom stereocenters. The van der Waals surface area contributed by atoms with Crippen molar-refractivity contribution in [2.45, 2.75) is 104 Å². The van der Waals surface area contributed by atoms with Crippen LogP contribution in [0.2, 0.25) is 0 Å². The SMILES string of the molecule is CC(C)OC(=O)NC(CCC(Cc1ccccc1)NC(=O)C(NC(=O)N(C)Cc1csc(C(C)C)n1)C(C)C)Cc1ccccc1. The lowest BCUT2D eigenvalue weighted by atomic mass is 9.95. The van der Waals surface area contributed by atoms with Crippen molar-refractivity contribution < 1.29 is 19.1 Å². The summed E-state index contributed by atoms with van der Waals surface area (Å²) in [7, 11) is 1.71. The van der Waals surface area contributed by atoms with Gasteiger partial charge in [0.05, 0.1) is 23.4 Å². The molecule has 2 aromatic carbocycles. The highest BCUT2D eigenvalue weighted by Gasteiger charge is 2.28. The fourth-order valence-electron chi connectivity index (χ4n) is 5.11. The van der Waals surface area contributed by atoms with Gasteiger partial charge in [-0.2, -0.15) is 0 Å². The number of amides is 4. The van der Waals surface area contributed by atoms with Gasteiger partial charge in [-0.1, -0.05) is 88.4 Å². The van der Waals surface area contributed by atoms with Crippen LogP contribution in [-0.4, -0.2) is 59.2 Å². The lowest BCUT2D eigenvalue weighted by molar-refractivity contribution is -0.124. The molecule has 0 aliphatic carbocycles. The van der Waals surface area contributed by atoms with Gasteiger partial charge in [0.15, 0.2) is 0 Å². The largest absolute Gasteiger partial charge is 0.447 e. The molecule has 1 aromatic heterocycles. The Labute approximate surface area is 278 Å². The molecule has 10 heteroatoms. The van der Waals surface area contributed by atoms with Crippen LogP contribution < -0.4 is 16.0 Å². The number of alkyl carbamates (subject to hydrolysis) is 1. The summed E-state index contributed by atoms with van der Waals surface area (Å²) in [4.78, 5) is 45.8. The zero-order valence-corrected chi connectivity index (χ0v) is 29.1. The van der Waals surface area contributed by atoms with Gasteiger partial charge in [-0.25, -0.2) is 14.6 Å². The number of nitrogens with zero attached hydrogens (tertiary/aromatic N) is 2. The number of benzene rings is 2. The van der Waals surface area contributed by atoms with E-state index in [9.17, 15) is 14.4 Å². The standard InChI is InChI=1S/C36H51N5O4S/c1-24(2)32(40-35(43)41(7)22-31-23-46-34(38-31)25(3)4)33(42)37-29(20-27-14-10-8-11-15-27)18-19-30(39-36(44)45-26(5)6)21-28-16-12-9-13-17-28/h8-17,23-26,29-30,32H,18-22H2,1-7H3,(H,37,42)(H,39,44)(H,40,43). The zero-order chi connectivity index (χ0) is 33.6. The van der Waals surface area contributed by atoms with Crippen molar-refractivity contribution in [3.8, 4) is 0 Å². The van der Waals surface area contributed by atoms with Gasteiger partial charge in [0.25, 0.3) is 0 Å². The second-order valence-electron chi connectivity index (χ2n) is 12.8. The summed E-state index contributed by atoms with van der Waals surface area (Å²) in [5.74, 6) is -0.0472. The molecule has 0 saturated heterocycles. The third-order valence-corrected chi connectivity index (χ3v) is 8.76. The first kappa shape index (κ1) is 36.5. The van der Waals surface area contributed by atoms with Crippen LogP contribution in [0.5, 0.6) is 0 Å². The van der Waals surface area contributed by atoms with Crippen LogP contribution in [0, 0.1) is 5.92 Å². The highest BCUT2D eigenvalue weighted by Crippen LogP contribution is 2.20. The molecular formula is C36H51N5O4S. The number of hydrogen-bond donors (Lipinski definition) is 3. The van der Waals surface area contributed by atoms with Crippen LogP contribution in [0.25, 0.3) is 0 Å². The highest BCUT2D eigenvalue weighted by atomic mass is 32.1. The van der Waals surface area contributed by atoms with Gasteiger partial charge in [-0.3, -0.25) is 4.79 Å². The smallest absolute Gasteiger partial charge is 0.407 e. The Morgan fingerprint density at radius 1 is 0.804 bits per heavy atom. The molecule has 0 aliphatic rings. The molecule has 4 amide bonds. The summed E-state index contributed by atoms with van der Waals surface area (Å²) in [6, 6.07) is 18.5. The molecule has 46 heavy (non-hydrogen) atoms. The molecule has 3 aromatic rings. The molecule has 3 atom stereocenters. The van der Waals surface area contributed by atoms with Gasteiger partial charge < -0.3 is 25.6 Å². The Bertz CT molecular complexity index is 1360. The number of aromatic nitrogens is 1. The predicted octanol–water partition coefficient (Wildman–Crippen LogP) is 6.69. The lowest BCUT2D eigenvalue weighted by Gasteiger charge is -2.28. The molecule has 1 heterocycles. The van der Waals surface area contributed by atoms with Crippen molar-refractivity contribution in [2.75, 3.05) is 7.05 Å². The van der Waals surface area contributed by atoms with E-state index in [1.807, 2.05) is 93.7 Å². The molecule has 0 saturated carbocycles. The monoisotopic (exact) mass is 649 g/mol. The third-order valence-electron chi connectivity index (χ3n) is 7.56. The van der Waals surface area contributed by atoms with Gasteiger partial charge in [-0.05, 0) is 56.6 Å². The Morgan fingerprint density at radius 3 is 1.83 bits per heavy atom. The summed E-state index contributed by atoms with van der Waals surface area (Å²) in [6.45, 7) is 12.0. The number of nitrogens with one attached hydrogen (secondary N) is 3. The van der Waals surface area contributed by atoms with Crippen molar-refractivity contribution in [2.24, 2.45) is 5.92 Å². The summed E-state index contributed by atoms with van der Waals surface area (Å²) in [5.41, 5.74) is 3.02. The number of thiazole rings is 1. The van der Waals surface area contributed by atoms with E-state index in [4.69, 9.17) is 4.74 Å². The Hall–Kier alpha value is -3.92. The highest BCUT2D eigenvalue weighted by molar-refractivity contribution is 7.09. The second-order valence-corrected chi connectivity index (χ2v) is 13.7. The van der Waals surface area contributed by atoms with Crippen molar-refractivity contribution in [1.29, 1.82) is 0 Å². The molecule has 9 nitrogen and oxygen atoms in total. The summed E-state index contributed by atoms with van der Waals surface area (Å²) in [6.07, 6.45) is 1.79. The molecule has 0 spiro atoms. The maximum atomic E-state index is 13.8. The maximum Gasteiger partial charge on any atom is 0.407 e. The fraction of sp³-hybridized carbons (Fsp3) is 0.500. The van der Waals surface area contributed by atoms with Crippen molar-refractivity contribution in [1.82, 2.24) is 25.8 Å². The minimum Gasteiger partial charge on any atom is -0.447 e. The molecule has 250 valence electrons. The minimum atomic E-state index is -0.728. The van der Waals surface area contributed by atoms with Gasteiger partial charge in [0, 0.05) is 30.4 Å². The summed E-state index contributed by atoms with van der Waals surface area (Å²) in [5, 5.41) is 12.2. The quantitative estimate of drug-likeness (QED) is 0.160. The number of urea groups is 1. The second kappa shape index (κ2) is 18.3. The van der Waals surface area contributed by atoms with E-state index in [-0.39, 0.29) is 36.0 Å². The molecule has 3 N–H and O–H groups in total. The molecular weight excluding hydrogens is 598 g/mol. The van der Waals surface area contributed by atoms with E-state index in [0.29, 0.717) is 38.1 Å². The Morgan fingerprint density at radius 2 is 1.35 bits per heavy atom. The number of hydrogen-bond acceptors (Lipinski definition) is 6. The molecule has 0 radical (unpaired) electrons. The minimum absolute atomic E-state index is 0.139.